The van der Waals surface area contributed by atoms with Gasteiger partial charge in [0.05, 0.1) is 12.3 Å². The molecular weight excluding hydrogens is 214 g/mol. The SMILES string of the molecule is CC1CN(C(=O)c2cnns2)CCC1O. The molecule has 0 spiro atoms. The van der Waals surface area contributed by atoms with Gasteiger partial charge in [-0.25, -0.2) is 0 Å². The molecule has 1 N–H and O–H groups in total. The summed E-state index contributed by atoms with van der Waals surface area (Å²) in [6.45, 7) is 3.18. The standard InChI is InChI=1S/C9H13N3O2S/c1-6-5-12(3-2-7(6)13)9(14)8-4-10-11-15-8/h4,6-7,13H,2-3,5H2,1H3. The third-order valence-electron chi connectivity index (χ3n) is 2.72. The molecule has 2 rings (SSSR count). The molecule has 0 aliphatic carbocycles. The topological polar surface area (TPSA) is 66.3 Å². The first-order valence-corrected chi connectivity index (χ1v) is 5.70. The number of nitrogens with zero attached hydrogens (tertiary/aromatic N) is 3. The van der Waals surface area contributed by atoms with Crippen molar-refractivity contribution in [3.05, 3.63) is 11.1 Å². The second-order valence-electron chi connectivity index (χ2n) is 3.87. The maximum absolute atomic E-state index is 11.9. The zero-order valence-electron chi connectivity index (χ0n) is 8.46. The normalized spacial score (nSPS) is 26.7. The van der Waals surface area contributed by atoms with Crippen LogP contribution in [0.2, 0.25) is 0 Å². The molecule has 1 aromatic heterocycles. The molecule has 15 heavy (non-hydrogen) atoms. The first-order valence-electron chi connectivity index (χ1n) is 4.93. The average Bonchev–Trinajstić information content (AvgIpc) is 2.74. The highest BCUT2D eigenvalue weighted by atomic mass is 32.1. The smallest absolute Gasteiger partial charge is 0.267 e. The van der Waals surface area contributed by atoms with E-state index in [1.54, 1.807) is 4.90 Å². The number of carbonyl (C=O) groups is 1. The number of aliphatic hydroxyl groups is 1. The van der Waals surface area contributed by atoms with E-state index in [1.165, 1.54) is 6.20 Å². The fraction of sp³-hybridized carbons (Fsp3) is 0.667. The predicted molar refractivity (Wildman–Crippen MR) is 55.6 cm³/mol. The van der Waals surface area contributed by atoms with Crippen LogP contribution in [0.4, 0.5) is 0 Å². The van der Waals surface area contributed by atoms with Crippen LogP contribution in [0.5, 0.6) is 0 Å². The van der Waals surface area contributed by atoms with E-state index in [2.05, 4.69) is 9.59 Å². The Labute approximate surface area is 91.9 Å². The monoisotopic (exact) mass is 227 g/mol. The molecule has 2 atom stereocenters. The van der Waals surface area contributed by atoms with Gasteiger partial charge in [0, 0.05) is 13.1 Å². The van der Waals surface area contributed by atoms with E-state index in [9.17, 15) is 9.90 Å². The van der Waals surface area contributed by atoms with E-state index in [4.69, 9.17) is 0 Å². The summed E-state index contributed by atoms with van der Waals surface area (Å²) >= 11 is 1.11. The molecule has 82 valence electrons. The molecular formula is C9H13N3O2S. The third kappa shape index (κ3) is 2.15. The lowest BCUT2D eigenvalue weighted by molar-refractivity contribution is 0.0300. The molecule has 0 bridgehead atoms. The van der Waals surface area contributed by atoms with Crippen molar-refractivity contribution in [1.82, 2.24) is 14.5 Å². The lowest BCUT2D eigenvalue weighted by Gasteiger charge is -2.33. The summed E-state index contributed by atoms with van der Waals surface area (Å²) in [6.07, 6.45) is 1.86. The van der Waals surface area contributed by atoms with Gasteiger partial charge in [-0.3, -0.25) is 4.79 Å². The lowest BCUT2D eigenvalue weighted by Crippen LogP contribution is -2.44. The number of piperidine rings is 1. The van der Waals surface area contributed by atoms with Crippen LogP contribution in [0.15, 0.2) is 6.20 Å². The Hall–Kier alpha value is -1.01. The highest BCUT2D eigenvalue weighted by molar-refractivity contribution is 7.07. The molecule has 2 heterocycles. The van der Waals surface area contributed by atoms with E-state index in [-0.39, 0.29) is 17.9 Å². The van der Waals surface area contributed by atoms with E-state index >= 15 is 0 Å². The molecule has 0 saturated carbocycles. The molecule has 1 fully saturated rings. The molecule has 1 amide bonds. The molecule has 1 aliphatic heterocycles. The minimum atomic E-state index is -0.284. The predicted octanol–water partition coefficient (Wildman–Crippen LogP) is 0.381. The van der Waals surface area contributed by atoms with Crippen molar-refractivity contribution < 1.29 is 9.90 Å². The number of likely N-dealkylation sites (tertiary alicyclic amines) is 1. The second-order valence-corrected chi connectivity index (χ2v) is 4.65. The van der Waals surface area contributed by atoms with E-state index < -0.39 is 0 Å². The number of aromatic nitrogens is 2. The molecule has 5 nitrogen and oxygen atoms in total. The quantitative estimate of drug-likeness (QED) is 0.753. The van der Waals surface area contributed by atoms with Crippen molar-refractivity contribution >= 4 is 17.4 Å². The molecule has 1 aliphatic rings. The van der Waals surface area contributed by atoms with Crippen LogP contribution in [0.1, 0.15) is 23.0 Å². The van der Waals surface area contributed by atoms with Gasteiger partial charge in [-0.05, 0) is 23.9 Å². The summed E-state index contributed by atoms with van der Waals surface area (Å²) in [5.74, 6) is 0.118. The van der Waals surface area contributed by atoms with Gasteiger partial charge < -0.3 is 10.0 Å². The zero-order valence-corrected chi connectivity index (χ0v) is 9.28. The Morgan fingerprint density at radius 3 is 3.13 bits per heavy atom. The summed E-state index contributed by atoms with van der Waals surface area (Å²) in [6, 6.07) is 0. The Bertz CT molecular complexity index is 341. The minimum Gasteiger partial charge on any atom is -0.393 e. The maximum Gasteiger partial charge on any atom is 0.267 e. The van der Waals surface area contributed by atoms with Gasteiger partial charge in [-0.2, -0.15) is 0 Å². The van der Waals surface area contributed by atoms with Crippen LogP contribution in [0.25, 0.3) is 0 Å². The highest BCUT2D eigenvalue weighted by Gasteiger charge is 2.28. The van der Waals surface area contributed by atoms with Gasteiger partial charge >= 0.3 is 0 Å². The first kappa shape index (κ1) is 10.5. The van der Waals surface area contributed by atoms with Crippen molar-refractivity contribution in [1.29, 1.82) is 0 Å². The Kier molecular flexibility index (Phi) is 2.97. The van der Waals surface area contributed by atoms with E-state index in [0.29, 0.717) is 24.4 Å². The van der Waals surface area contributed by atoms with Crippen LogP contribution >= 0.6 is 11.5 Å². The number of hydrogen-bond donors (Lipinski definition) is 1. The van der Waals surface area contributed by atoms with Gasteiger partial charge in [0.25, 0.3) is 5.91 Å². The van der Waals surface area contributed by atoms with Crippen LogP contribution in [-0.2, 0) is 0 Å². The molecule has 2 unspecified atom stereocenters. The Morgan fingerprint density at radius 1 is 1.73 bits per heavy atom. The minimum absolute atomic E-state index is 0.0243. The lowest BCUT2D eigenvalue weighted by atomic mass is 9.97. The molecule has 1 aromatic rings. The number of aliphatic hydroxyl groups excluding tert-OH is 1. The fourth-order valence-corrected chi connectivity index (χ4v) is 2.22. The fourth-order valence-electron chi connectivity index (χ4n) is 1.73. The number of carbonyl (C=O) groups excluding carboxylic acids is 1. The Morgan fingerprint density at radius 2 is 2.53 bits per heavy atom. The van der Waals surface area contributed by atoms with Crippen molar-refractivity contribution in [3.8, 4) is 0 Å². The van der Waals surface area contributed by atoms with Crippen LogP contribution in [-0.4, -0.2) is 44.7 Å². The zero-order chi connectivity index (χ0) is 10.8. The summed E-state index contributed by atoms with van der Waals surface area (Å²) in [5.41, 5.74) is 0. The van der Waals surface area contributed by atoms with Crippen molar-refractivity contribution in [2.45, 2.75) is 19.4 Å². The molecule has 1 saturated heterocycles. The Balaban J connectivity index is 2.03. The maximum atomic E-state index is 11.9. The van der Waals surface area contributed by atoms with Crippen molar-refractivity contribution in [2.75, 3.05) is 13.1 Å². The molecule has 0 aromatic carbocycles. The second kappa shape index (κ2) is 4.24. The van der Waals surface area contributed by atoms with E-state index in [0.717, 1.165) is 11.5 Å². The number of rotatable bonds is 1. The molecule has 6 heteroatoms. The van der Waals surface area contributed by atoms with Gasteiger partial charge in [0.1, 0.15) is 4.88 Å². The van der Waals surface area contributed by atoms with Gasteiger partial charge in [0.15, 0.2) is 0 Å². The third-order valence-corrected chi connectivity index (χ3v) is 3.37. The van der Waals surface area contributed by atoms with Crippen LogP contribution < -0.4 is 0 Å². The van der Waals surface area contributed by atoms with Gasteiger partial charge in [-0.1, -0.05) is 11.4 Å². The van der Waals surface area contributed by atoms with Crippen LogP contribution in [0.3, 0.4) is 0 Å². The summed E-state index contributed by atoms with van der Waals surface area (Å²) < 4.78 is 3.67. The summed E-state index contributed by atoms with van der Waals surface area (Å²) in [4.78, 5) is 14.2. The van der Waals surface area contributed by atoms with Gasteiger partial charge in [0.2, 0.25) is 0 Å². The molecule has 0 radical (unpaired) electrons. The van der Waals surface area contributed by atoms with Gasteiger partial charge in [-0.15, -0.1) is 5.10 Å². The number of amides is 1. The van der Waals surface area contributed by atoms with Crippen LogP contribution in [0, 0.1) is 5.92 Å². The number of hydrogen-bond acceptors (Lipinski definition) is 5. The summed E-state index contributed by atoms with van der Waals surface area (Å²) in [5, 5.41) is 13.2. The average molecular weight is 227 g/mol. The highest BCUT2D eigenvalue weighted by Crippen LogP contribution is 2.19. The first-order chi connectivity index (χ1) is 7.18. The summed E-state index contributed by atoms with van der Waals surface area (Å²) in [7, 11) is 0. The largest absolute Gasteiger partial charge is 0.393 e. The van der Waals surface area contributed by atoms with Crippen molar-refractivity contribution in [2.24, 2.45) is 5.92 Å². The van der Waals surface area contributed by atoms with Crippen molar-refractivity contribution in [3.63, 3.8) is 0 Å². The van der Waals surface area contributed by atoms with E-state index in [1.807, 2.05) is 6.92 Å².